The largest absolute Gasteiger partial charge is 0.487 e. The topological polar surface area (TPSA) is 41.6 Å². The molecule has 0 bridgehead atoms. The van der Waals surface area contributed by atoms with E-state index >= 15 is 0 Å². The summed E-state index contributed by atoms with van der Waals surface area (Å²) in [5, 5.41) is 3.34. The van der Waals surface area contributed by atoms with E-state index < -0.39 is 0 Å². The second kappa shape index (κ2) is 6.19. The number of Topliss-reactive ketones (excluding diaryl/α,β-unsaturated/α-hetero) is 1. The summed E-state index contributed by atoms with van der Waals surface area (Å²) in [5.41, 5.74) is 4.19. The SMILES string of the molecule is CC1CNc2cc(C(=O)CN3CCCc4ccccc43)ccc2O1. The van der Waals surface area contributed by atoms with Gasteiger partial charge in [0.15, 0.2) is 5.78 Å². The number of para-hydroxylation sites is 1. The fourth-order valence-corrected chi connectivity index (χ4v) is 3.50. The molecular weight excluding hydrogens is 300 g/mol. The second-order valence-electron chi connectivity index (χ2n) is 6.60. The van der Waals surface area contributed by atoms with Gasteiger partial charge in [-0.25, -0.2) is 0 Å². The van der Waals surface area contributed by atoms with E-state index in [2.05, 4.69) is 28.4 Å². The van der Waals surface area contributed by atoms with Crippen LogP contribution in [-0.4, -0.2) is 31.5 Å². The zero-order chi connectivity index (χ0) is 16.5. The van der Waals surface area contributed by atoms with Gasteiger partial charge in [-0.2, -0.15) is 0 Å². The molecule has 1 unspecified atom stereocenters. The van der Waals surface area contributed by atoms with E-state index in [4.69, 9.17) is 4.74 Å². The number of nitrogens with zero attached hydrogens (tertiary/aromatic N) is 1. The fraction of sp³-hybridized carbons (Fsp3) is 0.350. The molecule has 2 aromatic carbocycles. The Morgan fingerprint density at radius 3 is 3.08 bits per heavy atom. The summed E-state index contributed by atoms with van der Waals surface area (Å²) in [5.74, 6) is 0.976. The molecule has 4 nitrogen and oxygen atoms in total. The molecule has 1 atom stereocenters. The number of rotatable bonds is 3. The van der Waals surface area contributed by atoms with E-state index in [9.17, 15) is 4.79 Å². The van der Waals surface area contributed by atoms with Crippen molar-refractivity contribution in [1.82, 2.24) is 0 Å². The summed E-state index contributed by atoms with van der Waals surface area (Å²) >= 11 is 0. The minimum absolute atomic E-state index is 0.148. The van der Waals surface area contributed by atoms with Crippen molar-refractivity contribution in [3.63, 3.8) is 0 Å². The van der Waals surface area contributed by atoms with Crippen LogP contribution >= 0.6 is 0 Å². The van der Waals surface area contributed by atoms with E-state index in [-0.39, 0.29) is 11.9 Å². The average Bonchev–Trinajstić information content (AvgIpc) is 2.61. The van der Waals surface area contributed by atoms with Crippen molar-refractivity contribution in [3.05, 3.63) is 53.6 Å². The molecule has 0 aliphatic carbocycles. The molecule has 4 rings (SSSR count). The van der Waals surface area contributed by atoms with Gasteiger partial charge in [-0.05, 0) is 49.6 Å². The molecule has 124 valence electrons. The number of carbonyl (C=O) groups excluding carboxylic acids is 1. The molecule has 0 saturated heterocycles. The minimum atomic E-state index is 0.148. The third-order valence-corrected chi connectivity index (χ3v) is 4.75. The summed E-state index contributed by atoms with van der Waals surface area (Å²) in [6, 6.07) is 14.1. The quantitative estimate of drug-likeness (QED) is 0.878. The molecule has 2 aliphatic heterocycles. The lowest BCUT2D eigenvalue weighted by Crippen LogP contribution is -2.34. The highest BCUT2D eigenvalue weighted by Gasteiger charge is 2.21. The van der Waals surface area contributed by atoms with Crippen LogP contribution in [0.2, 0.25) is 0 Å². The maximum Gasteiger partial charge on any atom is 0.182 e. The van der Waals surface area contributed by atoms with Crippen LogP contribution in [0.1, 0.15) is 29.3 Å². The number of ether oxygens (including phenoxy) is 1. The molecule has 1 N–H and O–H groups in total. The first-order chi connectivity index (χ1) is 11.7. The van der Waals surface area contributed by atoms with Crippen molar-refractivity contribution in [3.8, 4) is 5.75 Å². The van der Waals surface area contributed by atoms with Crippen LogP contribution in [0, 0.1) is 0 Å². The molecule has 24 heavy (non-hydrogen) atoms. The molecular formula is C20H22N2O2. The van der Waals surface area contributed by atoms with Gasteiger partial charge in [-0.15, -0.1) is 0 Å². The summed E-state index contributed by atoms with van der Waals surface area (Å²) < 4.78 is 5.78. The lowest BCUT2D eigenvalue weighted by Gasteiger charge is -2.31. The van der Waals surface area contributed by atoms with Gasteiger partial charge in [-0.3, -0.25) is 4.79 Å². The predicted molar refractivity (Wildman–Crippen MR) is 96.3 cm³/mol. The van der Waals surface area contributed by atoms with Gasteiger partial charge in [-0.1, -0.05) is 18.2 Å². The number of hydrogen-bond donors (Lipinski definition) is 1. The highest BCUT2D eigenvalue weighted by molar-refractivity contribution is 6.00. The summed E-state index contributed by atoms with van der Waals surface area (Å²) in [7, 11) is 0. The Kier molecular flexibility index (Phi) is 3.89. The van der Waals surface area contributed by atoms with Crippen molar-refractivity contribution in [1.29, 1.82) is 0 Å². The average molecular weight is 322 g/mol. The van der Waals surface area contributed by atoms with E-state index in [1.54, 1.807) is 0 Å². The first-order valence-corrected chi connectivity index (χ1v) is 8.61. The Balaban J connectivity index is 1.53. The summed E-state index contributed by atoms with van der Waals surface area (Å²) in [4.78, 5) is 15.0. The Morgan fingerprint density at radius 2 is 2.17 bits per heavy atom. The van der Waals surface area contributed by atoms with Gasteiger partial charge in [0.2, 0.25) is 0 Å². The summed E-state index contributed by atoms with van der Waals surface area (Å²) in [6.45, 7) is 4.16. The number of nitrogens with one attached hydrogen (secondary N) is 1. The standard InChI is InChI=1S/C20H22N2O2/c1-14-12-21-17-11-16(8-9-20(17)24-14)19(23)13-22-10-4-6-15-5-2-3-7-18(15)22/h2-3,5,7-9,11,14,21H,4,6,10,12-13H2,1H3. The van der Waals surface area contributed by atoms with Crippen LogP contribution in [0.15, 0.2) is 42.5 Å². The predicted octanol–water partition coefficient (Wildman–Crippen LogP) is 3.51. The van der Waals surface area contributed by atoms with Gasteiger partial charge < -0.3 is 15.0 Å². The van der Waals surface area contributed by atoms with Crippen molar-refractivity contribution in [2.75, 3.05) is 29.9 Å². The highest BCUT2D eigenvalue weighted by atomic mass is 16.5. The number of anilines is 2. The van der Waals surface area contributed by atoms with Crippen molar-refractivity contribution in [2.45, 2.75) is 25.9 Å². The Morgan fingerprint density at radius 1 is 1.29 bits per heavy atom. The van der Waals surface area contributed by atoms with Gasteiger partial charge >= 0.3 is 0 Å². The van der Waals surface area contributed by atoms with Crippen LogP contribution in [0.4, 0.5) is 11.4 Å². The van der Waals surface area contributed by atoms with Crippen LogP contribution in [0.25, 0.3) is 0 Å². The molecule has 0 radical (unpaired) electrons. The Hall–Kier alpha value is -2.49. The molecule has 4 heteroatoms. The van der Waals surface area contributed by atoms with Gasteiger partial charge in [0.1, 0.15) is 11.9 Å². The third-order valence-electron chi connectivity index (χ3n) is 4.75. The molecule has 2 aromatic rings. The van der Waals surface area contributed by atoms with Gasteiger partial charge in [0.25, 0.3) is 0 Å². The molecule has 0 spiro atoms. The first-order valence-electron chi connectivity index (χ1n) is 8.61. The van der Waals surface area contributed by atoms with Gasteiger partial charge in [0.05, 0.1) is 18.8 Å². The lowest BCUT2D eigenvalue weighted by atomic mass is 10.0. The number of carbonyl (C=O) groups is 1. The molecule has 2 heterocycles. The van der Waals surface area contributed by atoms with Crippen molar-refractivity contribution >= 4 is 17.2 Å². The van der Waals surface area contributed by atoms with Crippen LogP contribution in [-0.2, 0) is 6.42 Å². The molecule has 0 fully saturated rings. The smallest absolute Gasteiger partial charge is 0.182 e. The Labute approximate surface area is 142 Å². The maximum atomic E-state index is 12.8. The van der Waals surface area contributed by atoms with Crippen LogP contribution < -0.4 is 15.0 Å². The van der Waals surface area contributed by atoms with Crippen molar-refractivity contribution < 1.29 is 9.53 Å². The van der Waals surface area contributed by atoms with E-state index in [0.29, 0.717) is 6.54 Å². The zero-order valence-electron chi connectivity index (χ0n) is 13.9. The zero-order valence-corrected chi connectivity index (χ0v) is 13.9. The van der Waals surface area contributed by atoms with Crippen LogP contribution in [0.3, 0.4) is 0 Å². The van der Waals surface area contributed by atoms with E-state index in [0.717, 1.165) is 42.9 Å². The maximum absolute atomic E-state index is 12.8. The van der Waals surface area contributed by atoms with E-state index in [1.807, 2.05) is 31.2 Å². The van der Waals surface area contributed by atoms with E-state index in [1.165, 1.54) is 11.3 Å². The highest BCUT2D eigenvalue weighted by Crippen LogP contribution is 2.31. The molecule has 0 saturated carbocycles. The number of ketones is 1. The monoisotopic (exact) mass is 322 g/mol. The van der Waals surface area contributed by atoms with Gasteiger partial charge in [0, 0.05) is 17.8 Å². The van der Waals surface area contributed by atoms with Crippen molar-refractivity contribution in [2.24, 2.45) is 0 Å². The summed E-state index contributed by atoms with van der Waals surface area (Å²) in [6.07, 6.45) is 2.35. The normalized spacial score (nSPS) is 18.9. The number of hydrogen-bond acceptors (Lipinski definition) is 4. The van der Waals surface area contributed by atoms with Crippen LogP contribution in [0.5, 0.6) is 5.75 Å². The second-order valence-corrected chi connectivity index (χ2v) is 6.60. The Bertz CT molecular complexity index is 772. The first kappa shape index (κ1) is 15.1. The number of aryl methyl sites for hydroxylation is 1. The fourth-order valence-electron chi connectivity index (χ4n) is 3.50. The molecule has 0 amide bonds. The molecule has 2 aliphatic rings. The number of fused-ring (bicyclic) bond motifs is 2. The minimum Gasteiger partial charge on any atom is -0.487 e. The third kappa shape index (κ3) is 2.84. The lowest BCUT2D eigenvalue weighted by molar-refractivity contribution is 0.0998. The molecule has 0 aromatic heterocycles. The number of benzene rings is 2.